The van der Waals surface area contributed by atoms with Crippen molar-refractivity contribution >= 4 is 55.4 Å². The number of allylic oxidation sites excluding steroid dienone is 3. The molecule has 3 heteroatoms. The molecule has 3 nitrogen and oxygen atoms in total. The van der Waals surface area contributed by atoms with Crippen LogP contribution in [0.1, 0.15) is 23.6 Å². The van der Waals surface area contributed by atoms with Gasteiger partial charge in [0.25, 0.3) is 0 Å². The fraction of sp³-hybridized carbons (Fsp3) is 0.0444. The number of nitrogens with zero attached hydrogens (tertiary/aromatic N) is 1. The molecule has 0 aliphatic rings. The maximum absolute atomic E-state index is 6.51. The minimum absolute atomic E-state index is 0.471. The Morgan fingerprint density at radius 1 is 0.583 bits per heavy atom. The van der Waals surface area contributed by atoms with Crippen LogP contribution in [0.2, 0.25) is 0 Å². The number of benzene rings is 7. The highest BCUT2D eigenvalue weighted by molar-refractivity contribution is 6.16. The first-order chi connectivity index (χ1) is 23.7. The number of nitrogens with two attached hydrogens (primary N) is 1. The fourth-order valence-electron chi connectivity index (χ4n) is 6.76. The quantitative estimate of drug-likeness (QED) is 0.0836. The van der Waals surface area contributed by atoms with E-state index in [1.165, 1.54) is 32.7 Å². The topological polar surface area (TPSA) is 51.5 Å². The van der Waals surface area contributed by atoms with Gasteiger partial charge in [-0.1, -0.05) is 140 Å². The van der Waals surface area contributed by atoms with Gasteiger partial charge in [-0.3, -0.25) is 4.99 Å². The zero-order valence-electron chi connectivity index (χ0n) is 26.7. The van der Waals surface area contributed by atoms with Crippen LogP contribution in [0.3, 0.4) is 0 Å². The Balaban J connectivity index is 1.21. The number of hydrogen-bond donors (Lipinski definition) is 1. The molecule has 0 unspecified atom stereocenters. The summed E-state index contributed by atoms with van der Waals surface area (Å²) in [6, 6.07) is 49.0. The number of furan rings is 1. The number of rotatable bonds is 7. The summed E-state index contributed by atoms with van der Waals surface area (Å²) < 4.78 is 6.36. The molecule has 8 rings (SSSR count). The van der Waals surface area contributed by atoms with E-state index >= 15 is 0 Å². The molecule has 0 fully saturated rings. The van der Waals surface area contributed by atoms with Crippen LogP contribution in [0.15, 0.2) is 167 Å². The van der Waals surface area contributed by atoms with Crippen molar-refractivity contribution in [3.05, 3.63) is 174 Å². The van der Waals surface area contributed by atoms with Crippen molar-refractivity contribution in [2.75, 3.05) is 0 Å². The first-order valence-electron chi connectivity index (χ1n) is 16.3. The van der Waals surface area contributed by atoms with E-state index in [1.54, 1.807) is 0 Å². The van der Waals surface area contributed by atoms with Gasteiger partial charge in [0, 0.05) is 16.3 Å². The summed E-state index contributed by atoms with van der Waals surface area (Å²) >= 11 is 0. The van der Waals surface area contributed by atoms with E-state index in [4.69, 9.17) is 15.1 Å². The molecule has 230 valence electrons. The first kappa shape index (κ1) is 29.2. The molecule has 8 aromatic rings. The van der Waals surface area contributed by atoms with Gasteiger partial charge in [0.2, 0.25) is 0 Å². The fourth-order valence-corrected chi connectivity index (χ4v) is 6.76. The summed E-state index contributed by atoms with van der Waals surface area (Å²) in [5.74, 6) is 0.538. The average Bonchev–Trinajstić information content (AvgIpc) is 3.51. The number of aliphatic imine (C=N–C) groups is 1. The van der Waals surface area contributed by atoms with Crippen molar-refractivity contribution in [1.29, 1.82) is 0 Å². The Morgan fingerprint density at radius 3 is 1.94 bits per heavy atom. The third-order valence-electron chi connectivity index (χ3n) is 9.11. The molecule has 0 saturated carbocycles. The molecule has 1 heterocycles. The number of fused-ring (bicyclic) bond motifs is 6. The highest BCUT2D eigenvalue weighted by Gasteiger charge is 2.16. The lowest BCUT2D eigenvalue weighted by Gasteiger charge is -2.17. The molecule has 0 bridgehead atoms. The van der Waals surface area contributed by atoms with Crippen molar-refractivity contribution in [1.82, 2.24) is 0 Å². The maximum Gasteiger partial charge on any atom is 0.136 e. The monoisotopic (exact) mass is 618 g/mol. The standard InChI is InChI=1S/C45H34N2O/c1-2-3-5-12-30-19-25-38-39-26-24-34(28-43(39)48-42(38)27-30)31-20-22-32(23-21-31)44-40-18-11-10-16-36(40)35-15-8-9-17-37(35)41(44)29-47-45(46)33-13-6-4-7-14-33/h2-28H,29H2,1H3,(H2,46,47)/b3-2-,12-5-. The lowest BCUT2D eigenvalue weighted by Crippen LogP contribution is -2.13. The molecule has 0 radical (unpaired) electrons. The van der Waals surface area contributed by atoms with E-state index in [0.717, 1.165) is 49.8 Å². The van der Waals surface area contributed by atoms with Crippen LogP contribution in [0.5, 0.6) is 0 Å². The lowest BCUT2D eigenvalue weighted by atomic mass is 9.87. The molecule has 0 aliphatic carbocycles. The molecule has 0 spiro atoms. The van der Waals surface area contributed by atoms with E-state index in [9.17, 15) is 0 Å². The summed E-state index contributed by atoms with van der Waals surface area (Å²) in [4.78, 5) is 4.92. The Kier molecular flexibility index (Phi) is 7.64. The van der Waals surface area contributed by atoms with E-state index in [-0.39, 0.29) is 0 Å². The molecule has 0 saturated heterocycles. The van der Waals surface area contributed by atoms with Crippen LogP contribution in [0.25, 0.3) is 71.8 Å². The summed E-state index contributed by atoms with van der Waals surface area (Å²) in [5.41, 5.74) is 16.1. The van der Waals surface area contributed by atoms with Crippen LogP contribution in [0, 0.1) is 0 Å². The van der Waals surface area contributed by atoms with E-state index in [1.807, 2.05) is 55.5 Å². The normalized spacial score (nSPS) is 12.4. The smallest absolute Gasteiger partial charge is 0.136 e. The second-order valence-electron chi connectivity index (χ2n) is 12.0. The van der Waals surface area contributed by atoms with Crippen molar-refractivity contribution in [3.63, 3.8) is 0 Å². The molecule has 1 aromatic heterocycles. The molecule has 48 heavy (non-hydrogen) atoms. The van der Waals surface area contributed by atoms with Crippen molar-refractivity contribution in [2.45, 2.75) is 13.5 Å². The van der Waals surface area contributed by atoms with Crippen LogP contribution in [0.4, 0.5) is 0 Å². The predicted octanol–water partition coefficient (Wildman–Crippen LogP) is 11.7. The Bertz CT molecular complexity index is 2530. The average molecular weight is 619 g/mol. The molecule has 0 atom stereocenters. The Hall–Kier alpha value is -6.19. The maximum atomic E-state index is 6.51. The molecule has 2 N–H and O–H groups in total. The minimum Gasteiger partial charge on any atom is -0.456 e. The summed E-state index contributed by atoms with van der Waals surface area (Å²) in [5, 5.41) is 7.09. The number of hydrogen-bond acceptors (Lipinski definition) is 2. The highest BCUT2D eigenvalue weighted by atomic mass is 16.3. The second kappa shape index (κ2) is 12.5. The first-order valence-corrected chi connectivity index (χ1v) is 16.3. The molecule has 0 amide bonds. The van der Waals surface area contributed by atoms with Gasteiger partial charge in [0.05, 0.1) is 6.54 Å². The van der Waals surface area contributed by atoms with Crippen molar-refractivity contribution < 1.29 is 4.42 Å². The zero-order chi connectivity index (χ0) is 32.5. The van der Waals surface area contributed by atoms with Gasteiger partial charge in [-0.15, -0.1) is 0 Å². The van der Waals surface area contributed by atoms with E-state index < -0.39 is 0 Å². The van der Waals surface area contributed by atoms with E-state index in [0.29, 0.717) is 12.4 Å². The summed E-state index contributed by atoms with van der Waals surface area (Å²) in [6.45, 7) is 2.49. The third kappa shape index (κ3) is 5.36. The third-order valence-corrected chi connectivity index (χ3v) is 9.11. The summed E-state index contributed by atoms with van der Waals surface area (Å²) in [6.07, 6.45) is 8.18. The predicted molar refractivity (Wildman–Crippen MR) is 204 cm³/mol. The SMILES string of the molecule is C/C=C\C=C/c1ccc2c(c1)oc1cc(-c3ccc(-c4c(C/N=C(\N)c5ccccc5)c5ccccc5c5ccccc45)cc3)ccc12. The van der Waals surface area contributed by atoms with Gasteiger partial charge < -0.3 is 10.2 Å². The van der Waals surface area contributed by atoms with Gasteiger partial charge >= 0.3 is 0 Å². The van der Waals surface area contributed by atoms with Crippen LogP contribution < -0.4 is 5.73 Å². The van der Waals surface area contributed by atoms with E-state index in [2.05, 4.69) is 115 Å². The number of amidine groups is 1. The van der Waals surface area contributed by atoms with Crippen molar-refractivity contribution in [2.24, 2.45) is 10.7 Å². The molecule has 0 aliphatic heterocycles. The zero-order valence-corrected chi connectivity index (χ0v) is 26.7. The Morgan fingerprint density at radius 2 is 1.19 bits per heavy atom. The van der Waals surface area contributed by atoms with Gasteiger partial charge in [-0.25, -0.2) is 0 Å². The minimum atomic E-state index is 0.471. The molecule has 7 aromatic carbocycles. The lowest BCUT2D eigenvalue weighted by molar-refractivity contribution is 0.669. The second-order valence-corrected chi connectivity index (χ2v) is 12.0. The Labute approximate surface area is 280 Å². The van der Waals surface area contributed by atoms with Gasteiger partial charge in [0.1, 0.15) is 17.0 Å². The largest absolute Gasteiger partial charge is 0.456 e. The molecular weight excluding hydrogens is 585 g/mol. The van der Waals surface area contributed by atoms with Gasteiger partial charge in [0.15, 0.2) is 0 Å². The molecular formula is C45H34N2O. The van der Waals surface area contributed by atoms with Crippen LogP contribution in [-0.2, 0) is 6.54 Å². The van der Waals surface area contributed by atoms with Crippen molar-refractivity contribution in [3.8, 4) is 22.3 Å². The summed E-state index contributed by atoms with van der Waals surface area (Å²) in [7, 11) is 0. The van der Waals surface area contributed by atoms with Gasteiger partial charge in [-0.05, 0) is 86.1 Å². The highest BCUT2D eigenvalue weighted by Crippen LogP contribution is 2.40. The van der Waals surface area contributed by atoms with Crippen LogP contribution in [-0.4, -0.2) is 5.84 Å². The van der Waals surface area contributed by atoms with Crippen LogP contribution >= 0.6 is 0 Å². The van der Waals surface area contributed by atoms with Gasteiger partial charge in [-0.2, -0.15) is 0 Å².